The third kappa shape index (κ3) is 4.96. The second kappa shape index (κ2) is 9.65. The first-order valence-electron chi connectivity index (χ1n) is 10.6. The Bertz CT molecular complexity index is 1460. The Kier molecular flexibility index (Phi) is 6.09. The van der Waals surface area contributed by atoms with Crippen molar-refractivity contribution in [3.63, 3.8) is 0 Å². The predicted molar refractivity (Wildman–Crippen MR) is 131 cm³/mol. The molecule has 0 unspecified atom stereocenters. The molecular weight excluding hydrogens is 470 g/mol. The third-order valence-corrected chi connectivity index (χ3v) is 5.84. The van der Waals surface area contributed by atoms with Gasteiger partial charge in [0.15, 0.2) is 0 Å². The van der Waals surface area contributed by atoms with Crippen LogP contribution in [0.1, 0.15) is 11.9 Å². The second-order valence-electron chi connectivity index (χ2n) is 7.23. The number of aromatic nitrogens is 4. The Balaban J connectivity index is 1.24. The van der Waals surface area contributed by atoms with Crippen LogP contribution in [0.2, 0.25) is 0 Å². The lowest BCUT2D eigenvalue weighted by Crippen LogP contribution is -2.19. The van der Waals surface area contributed by atoms with E-state index in [0.717, 1.165) is 16.9 Å². The lowest BCUT2D eigenvalue weighted by molar-refractivity contribution is -0.107. The molecule has 0 saturated heterocycles. The molecule has 2 aromatic carbocycles. The SMILES string of the molecule is CCc1nnc(NC(=O)Nc2ccc(Oc3ccc4[nH]c(N(C=O)c5ccco5)nc4c3)cc2)s1. The van der Waals surface area contributed by atoms with Crippen molar-refractivity contribution in [1.82, 2.24) is 20.2 Å². The van der Waals surface area contributed by atoms with Crippen molar-refractivity contribution >= 4 is 57.5 Å². The molecule has 3 aromatic heterocycles. The van der Waals surface area contributed by atoms with Gasteiger partial charge in [-0.15, -0.1) is 10.2 Å². The number of H-pyrrole nitrogens is 1. The molecule has 0 saturated carbocycles. The second-order valence-corrected chi connectivity index (χ2v) is 8.29. The molecule has 3 heterocycles. The highest BCUT2D eigenvalue weighted by Crippen LogP contribution is 2.29. The Hall–Kier alpha value is -4.71. The summed E-state index contributed by atoms with van der Waals surface area (Å²) in [7, 11) is 0. The monoisotopic (exact) mass is 489 g/mol. The number of carbonyl (C=O) groups is 2. The number of nitrogens with zero attached hydrogens (tertiary/aromatic N) is 4. The number of aryl methyl sites for hydroxylation is 1. The Labute approximate surface area is 202 Å². The fourth-order valence-corrected chi connectivity index (χ4v) is 3.89. The average Bonchev–Trinajstić information content (AvgIpc) is 3.62. The number of urea groups is 1. The average molecular weight is 490 g/mol. The normalized spacial score (nSPS) is 10.8. The molecule has 3 N–H and O–H groups in total. The molecule has 0 aliphatic rings. The van der Waals surface area contributed by atoms with E-state index in [-0.39, 0.29) is 0 Å². The molecule has 0 bridgehead atoms. The van der Waals surface area contributed by atoms with Crippen LogP contribution in [0.25, 0.3) is 11.0 Å². The maximum atomic E-state index is 12.2. The smallest absolute Gasteiger partial charge is 0.325 e. The van der Waals surface area contributed by atoms with Crippen molar-refractivity contribution in [2.75, 3.05) is 15.5 Å². The zero-order chi connectivity index (χ0) is 24.2. The molecule has 0 spiro atoms. The zero-order valence-corrected chi connectivity index (χ0v) is 19.2. The number of fused-ring (bicyclic) bond motifs is 1. The Morgan fingerprint density at radius 3 is 2.69 bits per heavy atom. The van der Waals surface area contributed by atoms with Crippen LogP contribution >= 0.6 is 11.3 Å². The van der Waals surface area contributed by atoms with Gasteiger partial charge in [-0.05, 0) is 48.9 Å². The molecule has 3 amide bonds. The van der Waals surface area contributed by atoms with Crippen LogP contribution in [0.5, 0.6) is 11.5 Å². The number of rotatable bonds is 8. The molecule has 0 aliphatic carbocycles. The highest BCUT2D eigenvalue weighted by atomic mass is 32.1. The molecule has 11 nitrogen and oxygen atoms in total. The van der Waals surface area contributed by atoms with Crippen LogP contribution in [0.15, 0.2) is 65.3 Å². The van der Waals surface area contributed by atoms with Crippen LogP contribution < -0.4 is 20.3 Å². The van der Waals surface area contributed by atoms with Crippen LogP contribution in [-0.2, 0) is 11.2 Å². The minimum Gasteiger partial charge on any atom is -0.457 e. The Morgan fingerprint density at radius 1 is 1.14 bits per heavy atom. The van der Waals surface area contributed by atoms with E-state index in [2.05, 4.69) is 30.8 Å². The van der Waals surface area contributed by atoms with Crippen molar-refractivity contribution in [1.29, 1.82) is 0 Å². The lowest BCUT2D eigenvalue weighted by atomic mass is 10.3. The molecule has 0 radical (unpaired) electrons. The molecular formula is C23H19N7O4S. The van der Waals surface area contributed by atoms with Gasteiger partial charge in [-0.3, -0.25) is 10.1 Å². The Morgan fingerprint density at radius 2 is 1.97 bits per heavy atom. The highest BCUT2D eigenvalue weighted by molar-refractivity contribution is 7.15. The first-order chi connectivity index (χ1) is 17.1. The summed E-state index contributed by atoms with van der Waals surface area (Å²) in [5.74, 6) is 1.82. The number of ether oxygens (including phenoxy) is 1. The molecule has 176 valence electrons. The number of furan rings is 1. The summed E-state index contributed by atoms with van der Waals surface area (Å²) in [4.78, 5) is 32.5. The number of imidazole rings is 1. The minimum absolute atomic E-state index is 0.329. The topological polar surface area (TPSA) is 138 Å². The number of anilines is 4. The summed E-state index contributed by atoms with van der Waals surface area (Å²) in [5.41, 5.74) is 1.95. The first kappa shape index (κ1) is 22.1. The highest BCUT2D eigenvalue weighted by Gasteiger charge is 2.16. The molecule has 0 aliphatic heterocycles. The quantitative estimate of drug-likeness (QED) is 0.251. The van der Waals surface area contributed by atoms with E-state index in [1.165, 1.54) is 22.5 Å². The maximum absolute atomic E-state index is 12.2. The van der Waals surface area contributed by atoms with Crippen LogP contribution in [0.3, 0.4) is 0 Å². The van der Waals surface area contributed by atoms with Gasteiger partial charge >= 0.3 is 6.03 Å². The van der Waals surface area contributed by atoms with Crippen molar-refractivity contribution in [2.24, 2.45) is 0 Å². The summed E-state index contributed by atoms with van der Waals surface area (Å²) in [6.07, 6.45) is 2.87. The van der Waals surface area contributed by atoms with Gasteiger partial charge in [-0.1, -0.05) is 18.3 Å². The van der Waals surface area contributed by atoms with E-state index in [9.17, 15) is 9.59 Å². The number of hydrogen-bond acceptors (Lipinski definition) is 8. The lowest BCUT2D eigenvalue weighted by Gasteiger charge is -2.09. The van der Waals surface area contributed by atoms with E-state index >= 15 is 0 Å². The first-order valence-corrected chi connectivity index (χ1v) is 11.4. The van der Waals surface area contributed by atoms with E-state index < -0.39 is 6.03 Å². The molecule has 0 fully saturated rings. The number of carbonyl (C=O) groups excluding carboxylic acids is 2. The van der Waals surface area contributed by atoms with Crippen LogP contribution in [-0.4, -0.2) is 32.6 Å². The van der Waals surface area contributed by atoms with Gasteiger partial charge in [0.25, 0.3) is 0 Å². The van der Waals surface area contributed by atoms with Gasteiger partial charge in [0, 0.05) is 17.8 Å². The van der Waals surface area contributed by atoms with E-state index in [1.807, 2.05) is 13.0 Å². The van der Waals surface area contributed by atoms with Gasteiger partial charge in [-0.2, -0.15) is 0 Å². The number of aromatic amines is 1. The van der Waals surface area contributed by atoms with E-state index in [1.54, 1.807) is 48.5 Å². The fraction of sp³-hybridized carbons (Fsp3) is 0.0870. The van der Waals surface area contributed by atoms with Crippen LogP contribution in [0, 0.1) is 0 Å². The number of hydrogen-bond donors (Lipinski definition) is 3. The standard InChI is InChI=1S/C23H19N7O4S/c1-2-19-28-29-23(35-19)27-22(32)24-14-5-7-15(8-6-14)34-16-9-10-17-18(12-16)26-21(25-17)30(13-31)20-4-3-11-33-20/h3-13H,2H2,1H3,(H,25,26)(H2,24,27,29,32). The summed E-state index contributed by atoms with van der Waals surface area (Å²) < 4.78 is 11.2. The van der Waals surface area contributed by atoms with Crippen molar-refractivity contribution < 1.29 is 18.7 Å². The number of benzene rings is 2. The number of nitrogens with one attached hydrogen (secondary N) is 3. The maximum Gasteiger partial charge on any atom is 0.325 e. The molecule has 35 heavy (non-hydrogen) atoms. The predicted octanol–water partition coefficient (Wildman–Crippen LogP) is 5.30. The van der Waals surface area contributed by atoms with Gasteiger partial charge in [0.05, 0.1) is 17.3 Å². The molecule has 12 heteroatoms. The minimum atomic E-state index is -0.406. The van der Waals surface area contributed by atoms with E-state index in [4.69, 9.17) is 9.15 Å². The summed E-state index contributed by atoms with van der Waals surface area (Å²) in [5, 5.41) is 14.6. The van der Waals surface area contributed by atoms with Crippen molar-refractivity contribution in [3.05, 3.63) is 65.9 Å². The molecule has 5 aromatic rings. The van der Waals surface area contributed by atoms with Crippen molar-refractivity contribution in [2.45, 2.75) is 13.3 Å². The van der Waals surface area contributed by atoms with Crippen LogP contribution in [0.4, 0.5) is 27.4 Å². The molecule has 0 atom stereocenters. The fourth-order valence-electron chi connectivity index (χ4n) is 3.21. The van der Waals surface area contributed by atoms with Gasteiger partial charge in [0.2, 0.25) is 23.4 Å². The summed E-state index contributed by atoms with van der Waals surface area (Å²) in [6, 6.07) is 15.2. The van der Waals surface area contributed by atoms with Gasteiger partial charge < -0.3 is 19.5 Å². The third-order valence-electron chi connectivity index (χ3n) is 4.86. The largest absolute Gasteiger partial charge is 0.457 e. The van der Waals surface area contributed by atoms with E-state index in [0.29, 0.717) is 46.1 Å². The zero-order valence-electron chi connectivity index (χ0n) is 18.4. The molecule has 5 rings (SSSR count). The summed E-state index contributed by atoms with van der Waals surface area (Å²) >= 11 is 1.33. The van der Waals surface area contributed by atoms with Gasteiger partial charge in [-0.25, -0.2) is 14.7 Å². The number of amides is 3. The van der Waals surface area contributed by atoms with Crippen molar-refractivity contribution in [3.8, 4) is 11.5 Å². The summed E-state index contributed by atoms with van der Waals surface area (Å²) in [6.45, 7) is 1.97. The van der Waals surface area contributed by atoms with Gasteiger partial charge in [0.1, 0.15) is 16.5 Å².